The number of pyridine rings is 1. The number of hydrogen-bond donors (Lipinski definition) is 3. The zero-order chi connectivity index (χ0) is 22.7. The molecule has 0 aromatic carbocycles. The van der Waals surface area contributed by atoms with Gasteiger partial charge in [-0.1, -0.05) is 0 Å². The van der Waals surface area contributed by atoms with Crippen molar-refractivity contribution in [2.24, 2.45) is 16.5 Å². The Morgan fingerprint density at radius 3 is 2.53 bits per heavy atom. The molecule has 166 valence electrons. The predicted molar refractivity (Wildman–Crippen MR) is 104 cm³/mol. The van der Waals surface area contributed by atoms with E-state index in [2.05, 4.69) is 15.3 Å². The van der Waals surface area contributed by atoms with Crippen molar-refractivity contribution in [1.29, 1.82) is 0 Å². The van der Waals surface area contributed by atoms with Gasteiger partial charge in [-0.15, -0.1) is 0 Å². The average Bonchev–Trinajstić information content (AvgIpc) is 2.62. The van der Waals surface area contributed by atoms with Gasteiger partial charge in [0, 0.05) is 32.4 Å². The maximum absolute atomic E-state index is 12.8. The fourth-order valence-electron chi connectivity index (χ4n) is 2.55. The molecule has 11 nitrogen and oxygen atoms in total. The Morgan fingerprint density at radius 2 is 2.00 bits per heavy atom. The van der Waals surface area contributed by atoms with Crippen LogP contribution in [0.1, 0.15) is 5.56 Å². The van der Waals surface area contributed by atoms with Crippen molar-refractivity contribution in [2.75, 3.05) is 45.7 Å². The molecular weight excluding hydrogens is 409 g/mol. The molecule has 0 amide bonds. The summed E-state index contributed by atoms with van der Waals surface area (Å²) < 4.78 is 43.2. The van der Waals surface area contributed by atoms with Gasteiger partial charge in [-0.2, -0.15) is 18.2 Å². The summed E-state index contributed by atoms with van der Waals surface area (Å²) in [5.74, 6) is -2.66. The van der Waals surface area contributed by atoms with Crippen LogP contribution in [0.25, 0.3) is 0 Å². The molecular formula is C16H23F3N8O3. The van der Waals surface area contributed by atoms with E-state index < -0.39 is 35.1 Å². The molecule has 1 atom stereocenters. The lowest BCUT2D eigenvalue weighted by Crippen LogP contribution is -2.50. The normalized spacial score (nSPS) is 18.7. The van der Waals surface area contributed by atoms with Crippen molar-refractivity contribution in [1.82, 2.24) is 15.2 Å². The first-order chi connectivity index (χ1) is 13.8. The summed E-state index contributed by atoms with van der Waals surface area (Å²) >= 11 is 0. The van der Waals surface area contributed by atoms with Crippen LogP contribution >= 0.6 is 0 Å². The van der Waals surface area contributed by atoms with Gasteiger partial charge in [0.2, 0.25) is 17.5 Å². The Kier molecular flexibility index (Phi) is 6.72. The molecule has 2 heterocycles. The van der Waals surface area contributed by atoms with Crippen LogP contribution < -0.4 is 26.4 Å². The molecule has 1 aromatic heterocycles. The number of aliphatic imine (C=N–C) groups is 1. The minimum atomic E-state index is -4.67. The second-order valence-corrected chi connectivity index (χ2v) is 6.85. The number of hydrogen-bond acceptors (Lipinski definition) is 10. The highest BCUT2D eigenvalue weighted by molar-refractivity contribution is 5.92. The number of likely N-dealkylation sites (N-methyl/N-ethyl adjacent to an activating group) is 2. The number of nitrogens with one attached hydrogen (secondary N) is 1. The lowest BCUT2D eigenvalue weighted by molar-refractivity contribution is -0.384. The van der Waals surface area contributed by atoms with E-state index in [1.807, 2.05) is 4.90 Å². The van der Waals surface area contributed by atoms with Crippen LogP contribution in [0.2, 0.25) is 0 Å². The molecule has 0 saturated heterocycles. The Labute approximate surface area is 170 Å². The molecule has 0 aliphatic carbocycles. The lowest BCUT2D eigenvalue weighted by atomic mass is 10.1. The van der Waals surface area contributed by atoms with Crippen molar-refractivity contribution in [2.45, 2.75) is 12.0 Å². The highest BCUT2D eigenvalue weighted by Gasteiger charge is 2.38. The monoisotopic (exact) mass is 432 g/mol. The molecule has 0 bridgehead atoms. The van der Waals surface area contributed by atoms with Gasteiger partial charge < -0.3 is 25.6 Å². The third kappa shape index (κ3) is 5.70. The number of alkyl halides is 3. The molecule has 1 aromatic rings. The van der Waals surface area contributed by atoms with Gasteiger partial charge in [-0.3, -0.25) is 15.8 Å². The summed E-state index contributed by atoms with van der Waals surface area (Å²) in [6, 6.07) is 0.989. The van der Waals surface area contributed by atoms with Gasteiger partial charge in [0.25, 0.3) is 0 Å². The van der Waals surface area contributed by atoms with Crippen LogP contribution in [0.15, 0.2) is 23.3 Å². The number of anilines is 1. The minimum Gasteiger partial charge on any atom is -0.468 e. The number of nitrogens with two attached hydrogens (primary N) is 2. The van der Waals surface area contributed by atoms with E-state index in [1.54, 1.807) is 14.1 Å². The standard InChI is InChI=1S/C16H23F3N8O3/c1-25(2)6-7-26(3)13-11(27(28)29)8-10(14(23-13)30-9-15(17,18)19)16(21)22-5-4-12(20)24-16/h4-5,8,22H,6-7,9,21H2,1-3H3,(H2,20,24). The fourth-order valence-corrected chi connectivity index (χ4v) is 2.55. The highest BCUT2D eigenvalue weighted by atomic mass is 19.4. The molecule has 14 heteroatoms. The van der Waals surface area contributed by atoms with Crippen molar-refractivity contribution < 1.29 is 22.8 Å². The van der Waals surface area contributed by atoms with Gasteiger partial charge in [0.05, 0.1) is 10.5 Å². The van der Waals surface area contributed by atoms with E-state index in [0.717, 1.165) is 6.07 Å². The SMILES string of the molecule is CN(C)CCN(C)c1nc(OCC(F)(F)F)c(C2(N)N=C(N)C=CN2)cc1[N+](=O)[O-]. The van der Waals surface area contributed by atoms with Crippen LogP contribution in [0.4, 0.5) is 24.7 Å². The van der Waals surface area contributed by atoms with Crippen molar-refractivity contribution in [3.05, 3.63) is 34.0 Å². The number of rotatable bonds is 8. The number of nitrogens with zero attached hydrogens (tertiary/aromatic N) is 5. The maximum Gasteiger partial charge on any atom is 0.422 e. The third-order valence-corrected chi connectivity index (χ3v) is 4.04. The molecule has 0 fully saturated rings. The number of halogens is 3. The summed E-state index contributed by atoms with van der Waals surface area (Å²) in [4.78, 5) is 22.2. The third-order valence-electron chi connectivity index (χ3n) is 4.04. The molecule has 0 spiro atoms. The number of amidine groups is 1. The van der Waals surface area contributed by atoms with Crippen molar-refractivity contribution in [3.63, 3.8) is 0 Å². The molecule has 30 heavy (non-hydrogen) atoms. The molecule has 0 saturated carbocycles. The average molecular weight is 432 g/mol. The number of nitro groups is 1. The summed E-state index contributed by atoms with van der Waals surface area (Å²) in [7, 11) is 5.14. The van der Waals surface area contributed by atoms with E-state index in [9.17, 15) is 23.3 Å². The van der Waals surface area contributed by atoms with E-state index in [4.69, 9.17) is 16.2 Å². The molecule has 1 aliphatic rings. The van der Waals surface area contributed by atoms with Crippen LogP contribution in [-0.4, -0.2) is 67.7 Å². The minimum absolute atomic E-state index is 0.0344. The van der Waals surface area contributed by atoms with E-state index in [-0.39, 0.29) is 17.2 Å². The first kappa shape index (κ1) is 23.2. The first-order valence-electron chi connectivity index (χ1n) is 8.66. The predicted octanol–water partition coefficient (Wildman–Crippen LogP) is 0.472. The quantitative estimate of drug-likeness (QED) is 0.394. The number of ether oxygens (including phenoxy) is 1. The second kappa shape index (κ2) is 8.71. The highest BCUT2D eigenvalue weighted by Crippen LogP contribution is 2.37. The van der Waals surface area contributed by atoms with E-state index >= 15 is 0 Å². The Morgan fingerprint density at radius 1 is 1.33 bits per heavy atom. The van der Waals surface area contributed by atoms with Crippen LogP contribution in [0.3, 0.4) is 0 Å². The van der Waals surface area contributed by atoms with E-state index in [0.29, 0.717) is 13.1 Å². The van der Waals surface area contributed by atoms with Crippen molar-refractivity contribution >= 4 is 17.3 Å². The largest absolute Gasteiger partial charge is 0.468 e. The topological polar surface area (TPSA) is 148 Å². The van der Waals surface area contributed by atoms with Crippen LogP contribution in [0, 0.1) is 10.1 Å². The lowest BCUT2D eigenvalue weighted by Gasteiger charge is -2.30. The van der Waals surface area contributed by atoms with Crippen LogP contribution in [-0.2, 0) is 5.79 Å². The Balaban J connectivity index is 2.60. The summed E-state index contributed by atoms with van der Waals surface area (Å²) in [5.41, 5.74) is 11.0. The summed E-state index contributed by atoms with van der Waals surface area (Å²) in [5, 5.41) is 14.3. The van der Waals surface area contributed by atoms with Gasteiger partial charge in [0.15, 0.2) is 6.61 Å². The molecule has 5 N–H and O–H groups in total. The summed E-state index contributed by atoms with van der Waals surface area (Å²) in [6.07, 6.45) is -1.98. The number of aromatic nitrogens is 1. The Bertz CT molecular complexity index is 859. The van der Waals surface area contributed by atoms with Gasteiger partial charge in [0.1, 0.15) is 5.84 Å². The zero-order valence-electron chi connectivity index (χ0n) is 16.6. The Hall–Kier alpha value is -3.13. The van der Waals surface area contributed by atoms with Crippen molar-refractivity contribution in [3.8, 4) is 5.88 Å². The van der Waals surface area contributed by atoms with Crippen LogP contribution in [0.5, 0.6) is 5.88 Å². The maximum atomic E-state index is 12.8. The molecule has 2 rings (SSSR count). The molecule has 0 radical (unpaired) electrons. The van der Waals surface area contributed by atoms with E-state index in [1.165, 1.54) is 24.2 Å². The smallest absolute Gasteiger partial charge is 0.422 e. The summed E-state index contributed by atoms with van der Waals surface area (Å²) in [6.45, 7) is -0.834. The molecule has 1 aliphatic heterocycles. The van der Waals surface area contributed by atoms with Gasteiger partial charge in [-0.05, 0) is 20.2 Å². The second-order valence-electron chi connectivity index (χ2n) is 6.85. The fraction of sp³-hybridized carbons (Fsp3) is 0.500. The zero-order valence-corrected chi connectivity index (χ0v) is 16.6. The molecule has 1 unspecified atom stereocenters. The van der Waals surface area contributed by atoms with Gasteiger partial charge in [-0.25, -0.2) is 4.99 Å². The first-order valence-corrected chi connectivity index (χ1v) is 8.66. The van der Waals surface area contributed by atoms with Gasteiger partial charge >= 0.3 is 11.9 Å².